The summed E-state index contributed by atoms with van der Waals surface area (Å²) in [6.07, 6.45) is 2.31. The van der Waals surface area contributed by atoms with Crippen molar-refractivity contribution in [2.45, 2.75) is 12.8 Å². The highest BCUT2D eigenvalue weighted by atomic mass is 35.5. The number of pyridine rings is 1. The van der Waals surface area contributed by atoms with Crippen molar-refractivity contribution in [2.75, 3.05) is 26.7 Å². The summed E-state index contributed by atoms with van der Waals surface area (Å²) >= 11 is 11.7. The number of amides is 1. The van der Waals surface area contributed by atoms with Gasteiger partial charge in [0.1, 0.15) is 10.8 Å². The molecule has 1 atom stereocenters. The van der Waals surface area contributed by atoms with E-state index in [1.165, 1.54) is 6.42 Å². The largest absolute Gasteiger partial charge is 0.350 e. The van der Waals surface area contributed by atoms with Crippen molar-refractivity contribution in [2.24, 2.45) is 5.92 Å². The molecular formula is C13H17Cl2N3O. The molecule has 1 unspecified atom stereocenters. The lowest BCUT2D eigenvalue weighted by atomic mass is 9.98. The smallest absolute Gasteiger partial charge is 0.271 e. The molecule has 0 aliphatic carbocycles. The molecule has 1 saturated heterocycles. The molecular weight excluding hydrogens is 285 g/mol. The van der Waals surface area contributed by atoms with Crippen LogP contribution in [0, 0.1) is 5.92 Å². The van der Waals surface area contributed by atoms with E-state index in [1.807, 2.05) is 0 Å². The zero-order chi connectivity index (χ0) is 13.8. The molecule has 1 amide bonds. The summed E-state index contributed by atoms with van der Waals surface area (Å²) in [6.45, 7) is 2.79. The molecule has 1 aliphatic rings. The molecule has 0 bridgehead atoms. The lowest BCUT2D eigenvalue weighted by Crippen LogP contribution is -2.39. The van der Waals surface area contributed by atoms with Crippen LogP contribution in [0.15, 0.2) is 12.1 Å². The zero-order valence-corrected chi connectivity index (χ0v) is 12.3. The minimum atomic E-state index is -0.263. The van der Waals surface area contributed by atoms with Crippen molar-refractivity contribution in [1.82, 2.24) is 15.2 Å². The molecule has 1 aromatic heterocycles. The van der Waals surface area contributed by atoms with Crippen LogP contribution < -0.4 is 5.32 Å². The third-order valence-corrected chi connectivity index (χ3v) is 3.82. The van der Waals surface area contributed by atoms with Gasteiger partial charge in [-0.15, -0.1) is 0 Å². The number of nitrogens with one attached hydrogen (secondary N) is 1. The molecule has 1 aromatic rings. The Morgan fingerprint density at radius 2 is 2.32 bits per heavy atom. The first-order valence-corrected chi connectivity index (χ1v) is 7.10. The van der Waals surface area contributed by atoms with E-state index >= 15 is 0 Å². The summed E-state index contributed by atoms with van der Waals surface area (Å²) in [5, 5.41) is 3.48. The van der Waals surface area contributed by atoms with Gasteiger partial charge >= 0.3 is 0 Å². The van der Waals surface area contributed by atoms with Gasteiger partial charge in [-0.1, -0.05) is 23.2 Å². The lowest BCUT2D eigenvalue weighted by Gasteiger charge is -2.29. The molecule has 4 nitrogen and oxygen atoms in total. The molecule has 6 heteroatoms. The first kappa shape index (κ1) is 14.6. The van der Waals surface area contributed by atoms with Crippen molar-refractivity contribution in [1.29, 1.82) is 0 Å². The molecule has 2 heterocycles. The third-order valence-electron chi connectivity index (χ3n) is 3.30. The molecule has 0 spiro atoms. The number of rotatable bonds is 3. The number of hydrogen-bond acceptors (Lipinski definition) is 3. The normalized spacial score (nSPS) is 20.3. The second-order valence-electron chi connectivity index (χ2n) is 4.94. The first-order valence-electron chi connectivity index (χ1n) is 6.35. The molecule has 0 radical (unpaired) electrons. The van der Waals surface area contributed by atoms with Gasteiger partial charge in [0.05, 0.1) is 5.02 Å². The molecule has 19 heavy (non-hydrogen) atoms. The Kier molecular flexibility index (Phi) is 5.02. The Morgan fingerprint density at radius 3 is 3.05 bits per heavy atom. The van der Waals surface area contributed by atoms with Crippen LogP contribution in [0.4, 0.5) is 0 Å². The second kappa shape index (κ2) is 6.55. The number of hydrogen-bond donors (Lipinski definition) is 1. The van der Waals surface area contributed by atoms with Crippen LogP contribution >= 0.6 is 23.2 Å². The summed E-state index contributed by atoms with van der Waals surface area (Å²) in [5.74, 6) is 0.224. The maximum Gasteiger partial charge on any atom is 0.271 e. The van der Waals surface area contributed by atoms with Crippen molar-refractivity contribution in [3.05, 3.63) is 28.0 Å². The standard InChI is InChI=1S/C13H17Cl2N3O/c1-18-6-2-3-9(8-18)7-16-13(19)12-10(14)4-5-11(15)17-12/h4-5,9H,2-3,6-8H2,1H3,(H,16,19). The minimum Gasteiger partial charge on any atom is -0.350 e. The van der Waals surface area contributed by atoms with Gasteiger partial charge in [-0.2, -0.15) is 0 Å². The van der Waals surface area contributed by atoms with Crippen LogP contribution in [0.3, 0.4) is 0 Å². The predicted octanol–water partition coefficient (Wildman–Crippen LogP) is 2.46. The Balaban J connectivity index is 1.92. The van der Waals surface area contributed by atoms with Crippen LogP contribution in [0.25, 0.3) is 0 Å². The number of carbonyl (C=O) groups excluding carboxylic acids is 1. The van der Waals surface area contributed by atoms with Gasteiger partial charge in [0.2, 0.25) is 0 Å². The van der Waals surface area contributed by atoms with Crippen LogP contribution in [0.2, 0.25) is 10.2 Å². The van der Waals surface area contributed by atoms with Crippen molar-refractivity contribution >= 4 is 29.1 Å². The van der Waals surface area contributed by atoms with Gasteiger partial charge in [-0.05, 0) is 44.5 Å². The Hall–Kier alpha value is -0.840. The SMILES string of the molecule is CN1CCCC(CNC(=O)c2nc(Cl)ccc2Cl)C1. The Labute approximate surface area is 123 Å². The van der Waals surface area contributed by atoms with E-state index < -0.39 is 0 Å². The van der Waals surface area contributed by atoms with E-state index in [1.54, 1.807) is 12.1 Å². The van der Waals surface area contributed by atoms with Crippen LogP contribution in [0.1, 0.15) is 23.3 Å². The Morgan fingerprint density at radius 1 is 1.53 bits per heavy atom. The number of halogens is 2. The lowest BCUT2D eigenvalue weighted by molar-refractivity contribution is 0.0932. The summed E-state index contributed by atoms with van der Waals surface area (Å²) in [6, 6.07) is 3.15. The highest BCUT2D eigenvalue weighted by Gasteiger charge is 2.19. The molecule has 0 aromatic carbocycles. The summed E-state index contributed by atoms with van der Waals surface area (Å²) < 4.78 is 0. The highest BCUT2D eigenvalue weighted by Crippen LogP contribution is 2.17. The third kappa shape index (κ3) is 4.06. The molecule has 1 N–H and O–H groups in total. The van der Waals surface area contributed by atoms with E-state index in [0.717, 1.165) is 19.5 Å². The van der Waals surface area contributed by atoms with Gasteiger partial charge in [0.15, 0.2) is 0 Å². The zero-order valence-electron chi connectivity index (χ0n) is 10.8. The first-order chi connectivity index (χ1) is 9.06. The fraction of sp³-hybridized carbons (Fsp3) is 0.538. The minimum absolute atomic E-state index is 0.193. The van der Waals surface area contributed by atoms with Gasteiger partial charge in [0.25, 0.3) is 5.91 Å². The van der Waals surface area contributed by atoms with E-state index in [2.05, 4.69) is 22.2 Å². The predicted molar refractivity (Wildman–Crippen MR) is 76.8 cm³/mol. The van der Waals surface area contributed by atoms with Crippen LogP contribution in [-0.2, 0) is 0 Å². The van der Waals surface area contributed by atoms with Crippen molar-refractivity contribution < 1.29 is 4.79 Å². The molecule has 1 fully saturated rings. The summed E-state index contributed by atoms with van der Waals surface area (Å²) in [7, 11) is 2.10. The number of aromatic nitrogens is 1. The van der Waals surface area contributed by atoms with E-state index in [9.17, 15) is 4.79 Å². The molecule has 1 aliphatic heterocycles. The van der Waals surface area contributed by atoms with Crippen LogP contribution in [-0.4, -0.2) is 42.5 Å². The quantitative estimate of drug-likeness (QED) is 0.872. The second-order valence-corrected chi connectivity index (χ2v) is 5.74. The van der Waals surface area contributed by atoms with Crippen molar-refractivity contribution in [3.8, 4) is 0 Å². The van der Waals surface area contributed by atoms with Crippen LogP contribution in [0.5, 0.6) is 0 Å². The maximum absolute atomic E-state index is 12.0. The monoisotopic (exact) mass is 301 g/mol. The molecule has 104 valence electrons. The summed E-state index contributed by atoms with van der Waals surface area (Å²) in [4.78, 5) is 18.3. The van der Waals surface area contributed by atoms with Gasteiger partial charge in [-0.25, -0.2) is 4.98 Å². The maximum atomic E-state index is 12.0. The Bertz CT molecular complexity index is 467. The van der Waals surface area contributed by atoms with E-state index in [4.69, 9.17) is 23.2 Å². The number of likely N-dealkylation sites (tertiary alicyclic amines) is 1. The number of nitrogens with zero attached hydrogens (tertiary/aromatic N) is 2. The average Bonchev–Trinajstić information content (AvgIpc) is 2.39. The van der Waals surface area contributed by atoms with Gasteiger partial charge < -0.3 is 10.2 Å². The molecule has 0 saturated carbocycles. The fourth-order valence-corrected chi connectivity index (χ4v) is 2.68. The van der Waals surface area contributed by atoms with E-state index in [-0.39, 0.29) is 16.8 Å². The fourth-order valence-electron chi connectivity index (χ4n) is 2.34. The molecule has 2 rings (SSSR count). The van der Waals surface area contributed by atoms with Gasteiger partial charge in [-0.3, -0.25) is 4.79 Å². The van der Waals surface area contributed by atoms with E-state index in [0.29, 0.717) is 17.5 Å². The number of piperidine rings is 1. The topological polar surface area (TPSA) is 45.2 Å². The average molecular weight is 302 g/mol. The number of carbonyl (C=O) groups is 1. The van der Waals surface area contributed by atoms with Crippen molar-refractivity contribution in [3.63, 3.8) is 0 Å². The summed E-state index contributed by atoms with van der Waals surface area (Å²) in [5.41, 5.74) is 0.193. The highest BCUT2D eigenvalue weighted by molar-refractivity contribution is 6.34. The van der Waals surface area contributed by atoms with Gasteiger partial charge in [0, 0.05) is 13.1 Å².